The summed E-state index contributed by atoms with van der Waals surface area (Å²) in [5, 5.41) is 5.35. The lowest BCUT2D eigenvalue weighted by Gasteiger charge is -2.08. The molecule has 0 atom stereocenters. The number of aromatic nitrogens is 2. The summed E-state index contributed by atoms with van der Waals surface area (Å²) in [6.45, 7) is 0.805. The number of carbonyl (C=O) groups is 2. The van der Waals surface area contributed by atoms with Gasteiger partial charge in [0.15, 0.2) is 0 Å². The molecule has 0 saturated carbocycles. The van der Waals surface area contributed by atoms with Gasteiger partial charge < -0.3 is 20.1 Å². The minimum Gasteiger partial charge on any atom is -0.474 e. The molecule has 0 aliphatic rings. The molecule has 0 bridgehead atoms. The highest BCUT2D eigenvalue weighted by atomic mass is 16.5. The normalized spacial score (nSPS) is 10.2. The molecule has 0 fully saturated rings. The highest BCUT2D eigenvalue weighted by Crippen LogP contribution is 2.14. The van der Waals surface area contributed by atoms with Crippen LogP contribution in [-0.2, 0) is 16.0 Å². The van der Waals surface area contributed by atoms with Crippen molar-refractivity contribution in [1.82, 2.24) is 15.3 Å². The molecule has 2 N–H and O–H groups in total. The van der Waals surface area contributed by atoms with Crippen molar-refractivity contribution < 1.29 is 19.1 Å². The number of rotatable bonds is 9. The van der Waals surface area contributed by atoms with Gasteiger partial charge in [-0.2, -0.15) is 0 Å². The fourth-order valence-corrected chi connectivity index (χ4v) is 2.12. The van der Waals surface area contributed by atoms with Crippen LogP contribution in [0.1, 0.15) is 22.5 Å². The Morgan fingerprint density at radius 3 is 2.69 bits per heavy atom. The first-order valence-corrected chi connectivity index (χ1v) is 8.17. The topological polar surface area (TPSA) is 102 Å². The molecule has 0 spiro atoms. The van der Waals surface area contributed by atoms with E-state index in [1.165, 1.54) is 12.4 Å². The summed E-state index contributed by atoms with van der Waals surface area (Å²) in [4.78, 5) is 31.7. The van der Waals surface area contributed by atoms with Gasteiger partial charge in [0.05, 0.1) is 19.0 Å². The molecule has 1 aromatic carbocycles. The minimum atomic E-state index is -0.371. The van der Waals surface area contributed by atoms with Crippen molar-refractivity contribution in [2.24, 2.45) is 0 Å². The molecule has 8 nitrogen and oxygen atoms in total. The van der Waals surface area contributed by atoms with Crippen LogP contribution in [0.15, 0.2) is 36.7 Å². The maximum Gasteiger partial charge on any atom is 0.275 e. The number of ether oxygens (including phenoxy) is 2. The molecule has 2 amide bonds. The number of benzene rings is 1. The smallest absolute Gasteiger partial charge is 0.275 e. The quantitative estimate of drug-likeness (QED) is 0.658. The van der Waals surface area contributed by atoms with Gasteiger partial charge in [-0.25, -0.2) is 9.97 Å². The van der Waals surface area contributed by atoms with Crippen LogP contribution < -0.4 is 15.4 Å². The molecule has 138 valence electrons. The van der Waals surface area contributed by atoms with E-state index < -0.39 is 0 Å². The summed E-state index contributed by atoms with van der Waals surface area (Å²) in [7, 11) is 3.18. The standard InChI is InChI=1S/C18H22N4O4/c1-19-16(23)7-6-13-4-3-5-14(10-13)22-18(24)15-11-21-17(12-20-15)26-9-8-25-2/h3-5,10-12H,6-9H2,1-2H3,(H,19,23)(H,22,24). The summed E-state index contributed by atoms with van der Waals surface area (Å²) < 4.78 is 10.2. The zero-order valence-electron chi connectivity index (χ0n) is 14.8. The lowest BCUT2D eigenvalue weighted by Crippen LogP contribution is -2.18. The van der Waals surface area contributed by atoms with Crippen molar-refractivity contribution in [3.63, 3.8) is 0 Å². The van der Waals surface area contributed by atoms with Crippen LogP contribution in [0.4, 0.5) is 5.69 Å². The zero-order valence-corrected chi connectivity index (χ0v) is 14.8. The lowest BCUT2D eigenvalue weighted by atomic mass is 10.1. The third kappa shape index (κ3) is 6.14. The SMILES string of the molecule is CNC(=O)CCc1cccc(NC(=O)c2cnc(OCCOC)cn2)c1. The van der Waals surface area contributed by atoms with Crippen LogP contribution in [0.3, 0.4) is 0 Å². The summed E-state index contributed by atoms with van der Waals surface area (Å²) in [6, 6.07) is 7.34. The van der Waals surface area contributed by atoms with Gasteiger partial charge in [0, 0.05) is 26.3 Å². The lowest BCUT2D eigenvalue weighted by molar-refractivity contribution is -0.120. The summed E-state index contributed by atoms with van der Waals surface area (Å²) in [6.07, 6.45) is 3.73. The Morgan fingerprint density at radius 1 is 1.15 bits per heavy atom. The van der Waals surface area contributed by atoms with E-state index >= 15 is 0 Å². The molecule has 0 radical (unpaired) electrons. The van der Waals surface area contributed by atoms with E-state index in [0.717, 1.165) is 5.56 Å². The Labute approximate surface area is 151 Å². The van der Waals surface area contributed by atoms with Crippen LogP contribution >= 0.6 is 0 Å². The maximum absolute atomic E-state index is 12.3. The first-order valence-electron chi connectivity index (χ1n) is 8.17. The van der Waals surface area contributed by atoms with E-state index in [4.69, 9.17) is 9.47 Å². The van der Waals surface area contributed by atoms with Gasteiger partial charge in [-0.15, -0.1) is 0 Å². The van der Waals surface area contributed by atoms with Crippen LogP contribution in [0.5, 0.6) is 5.88 Å². The second-order valence-corrected chi connectivity index (χ2v) is 5.41. The molecule has 8 heteroatoms. The number of aryl methyl sites for hydroxylation is 1. The van der Waals surface area contributed by atoms with Gasteiger partial charge in [-0.05, 0) is 24.1 Å². The monoisotopic (exact) mass is 358 g/mol. The molecular weight excluding hydrogens is 336 g/mol. The van der Waals surface area contributed by atoms with Crippen molar-refractivity contribution >= 4 is 17.5 Å². The van der Waals surface area contributed by atoms with Crippen LogP contribution in [0, 0.1) is 0 Å². The number of amides is 2. The van der Waals surface area contributed by atoms with Crippen molar-refractivity contribution in [3.8, 4) is 5.88 Å². The second kappa shape index (κ2) is 10.1. The van der Waals surface area contributed by atoms with Gasteiger partial charge in [-0.1, -0.05) is 12.1 Å². The minimum absolute atomic E-state index is 0.0254. The van der Waals surface area contributed by atoms with E-state index in [1.54, 1.807) is 20.2 Å². The first-order chi connectivity index (χ1) is 12.6. The summed E-state index contributed by atoms with van der Waals surface area (Å²) in [5.41, 5.74) is 1.77. The zero-order chi connectivity index (χ0) is 18.8. The van der Waals surface area contributed by atoms with E-state index in [0.29, 0.717) is 37.6 Å². The van der Waals surface area contributed by atoms with E-state index in [-0.39, 0.29) is 17.5 Å². The van der Waals surface area contributed by atoms with Crippen LogP contribution in [0.2, 0.25) is 0 Å². The Kier molecular flexibility index (Phi) is 7.50. The molecule has 1 heterocycles. The van der Waals surface area contributed by atoms with Crippen molar-refractivity contribution in [1.29, 1.82) is 0 Å². The summed E-state index contributed by atoms with van der Waals surface area (Å²) >= 11 is 0. The maximum atomic E-state index is 12.3. The van der Waals surface area contributed by atoms with Gasteiger partial charge in [0.1, 0.15) is 12.3 Å². The molecule has 2 rings (SSSR count). The predicted molar refractivity (Wildman–Crippen MR) is 96.2 cm³/mol. The van der Waals surface area contributed by atoms with Crippen molar-refractivity contribution in [2.45, 2.75) is 12.8 Å². The highest BCUT2D eigenvalue weighted by molar-refractivity contribution is 6.02. The largest absolute Gasteiger partial charge is 0.474 e. The van der Waals surface area contributed by atoms with Crippen LogP contribution in [-0.4, -0.2) is 49.2 Å². The number of methoxy groups -OCH3 is 1. The average molecular weight is 358 g/mol. The van der Waals surface area contributed by atoms with Crippen molar-refractivity contribution in [3.05, 3.63) is 47.9 Å². The van der Waals surface area contributed by atoms with Gasteiger partial charge in [0.2, 0.25) is 11.8 Å². The third-order valence-corrected chi connectivity index (χ3v) is 3.50. The van der Waals surface area contributed by atoms with E-state index in [2.05, 4.69) is 20.6 Å². The Bertz CT molecular complexity index is 734. The second-order valence-electron chi connectivity index (χ2n) is 5.41. The number of hydrogen-bond donors (Lipinski definition) is 2. The van der Waals surface area contributed by atoms with Gasteiger partial charge >= 0.3 is 0 Å². The Morgan fingerprint density at radius 2 is 2.00 bits per heavy atom. The number of nitrogens with one attached hydrogen (secondary N) is 2. The number of hydrogen-bond acceptors (Lipinski definition) is 6. The third-order valence-electron chi connectivity index (χ3n) is 3.50. The molecule has 1 aromatic heterocycles. The highest BCUT2D eigenvalue weighted by Gasteiger charge is 2.09. The number of anilines is 1. The molecule has 0 aliphatic heterocycles. The van der Waals surface area contributed by atoms with Gasteiger partial charge in [0.25, 0.3) is 5.91 Å². The fourth-order valence-electron chi connectivity index (χ4n) is 2.12. The van der Waals surface area contributed by atoms with Gasteiger partial charge in [-0.3, -0.25) is 9.59 Å². The number of carbonyl (C=O) groups excluding carboxylic acids is 2. The molecule has 0 aliphatic carbocycles. The fraction of sp³-hybridized carbons (Fsp3) is 0.333. The van der Waals surface area contributed by atoms with E-state index in [9.17, 15) is 9.59 Å². The summed E-state index contributed by atoms with van der Waals surface area (Å²) in [5.74, 6) is -0.0679. The molecule has 0 unspecified atom stereocenters. The Hall–Kier alpha value is -3.00. The molecular formula is C18H22N4O4. The Balaban J connectivity index is 1.93. The van der Waals surface area contributed by atoms with E-state index in [1.807, 2.05) is 18.2 Å². The molecule has 26 heavy (non-hydrogen) atoms. The first kappa shape index (κ1) is 19.3. The van der Waals surface area contributed by atoms with Crippen molar-refractivity contribution in [2.75, 3.05) is 32.7 Å². The molecule has 2 aromatic rings. The van der Waals surface area contributed by atoms with Crippen LogP contribution in [0.25, 0.3) is 0 Å². The number of nitrogens with zero attached hydrogens (tertiary/aromatic N) is 2. The molecule has 0 saturated heterocycles. The predicted octanol–water partition coefficient (Wildman–Crippen LogP) is 1.43. The average Bonchev–Trinajstić information content (AvgIpc) is 2.67.